The normalized spacial score (nSPS) is 25.1. The van der Waals surface area contributed by atoms with Gasteiger partial charge in [-0.3, -0.25) is 10.1 Å². The highest BCUT2D eigenvalue weighted by Crippen LogP contribution is 2.31. The number of nitrogens with zero attached hydrogens (tertiary/aromatic N) is 1. The van der Waals surface area contributed by atoms with Crippen LogP contribution in [0.1, 0.15) is 13.3 Å². The molecule has 20 heavy (non-hydrogen) atoms. The van der Waals surface area contributed by atoms with Gasteiger partial charge in [-0.2, -0.15) is 0 Å². The molecule has 0 aliphatic heterocycles. The maximum Gasteiger partial charge on any atom is 0.274 e. The van der Waals surface area contributed by atoms with Crippen LogP contribution in [-0.4, -0.2) is 36.9 Å². The van der Waals surface area contributed by atoms with Gasteiger partial charge in [0.2, 0.25) is 0 Å². The second kappa shape index (κ2) is 6.15. The van der Waals surface area contributed by atoms with Crippen molar-refractivity contribution in [2.45, 2.75) is 31.6 Å². The molecule has 3 unspecified atom stereocenters. The molecule has 1 saturated carbocycles. The van der Waals surface area contributed by atoms with Gasteiger partial charge in [0, 0.05) is 25.5 Å². The third kappa shape index (κ3) is 3.05. The van der Waals surface area contributed by atoms with Gasteiger partial charge in [0.15, 0.2) is 0 Å². The molecule has 0 amide bonds. The van der Waals surface area contributed by atoms with Crippen molar-refractivity contribution in [3.05, 3.63) is 34.1 Å². The summed E-state index contributed by atoms with van der Waals surface area (Å²) in [4.78, 5) is 10.1. The van der Waals surface area contributed by atoms with E-state index in [4.69, 9.17) is 9.47 Å². The summed E-state index contributed by atoms with van der Waals surface area (Å²) in [5, 5.41) is 13.8. The lowest BCUT2D eigenvalue weighted by Gasteiger charge is -2.43. The number of methoxy groups -OCH3 is 1. The third-order valence-corrected chi connectivity index (χ3v) is 3.35. The number of nitro groups is 1. The molecule has 0 spiro atoms. The highest BCUT2D eigenvalue weighted by molar-refractivity contribution is 5.52. The van der Waals surface area contributed by atoms with E-state index in [0.717, 1.165) is 12.5 Å². The fourth-order valence-electron chi connectivity index (χ4n) is 2.39. The molecule has 1 aliphatic rings. The molecule has 0 saturated heterocycles. The lowest BCUT2D eigenvalue weighted by Crippen LogP contribution is -2.56. The summed E-state index contributed by atoms with van der Waals surface area (Å²) in [5.41, 5.74) is 0.0980. The maximum atomic E-state index is 13.3. The molecule has 1 aliphatic carbocycles. The van der Waals surface area contributed by atoms with Crippen molar-refractivity contribution in [3.8, 4) is 0 Å². The number of anilines is 1. The minimum absolute atomic E-state index is 0.00560. The molecule has 1 fully saturated rings. The van der Waals surface area contributed by atoms with E-state index in [1.165, 1.54) is 12.1 Å². The molecular formula is C13H17FN2O4. The van der Waals surface area contributed by atoms with Crippen molar-refractivity contribution < 1.29 is 18.8 Å². The largest absolute Gasteiger partial charge is 0.379 e. The van der Waals surface area contributed by atoms with Crippen LogP contribution in [-0.2, 0) is 9.47 Å². The Balaban J connectivity index is 2.05. The first kappa shape index (κ1) is 14.7. The number of ether oxygens (including phenoxy) is 2. The van der Waals surface area contributed by atoms with Crippen LogP contribution in [0.2, 0.25) is 0 Å². The second-order valence-corrected chi connectivity index (χ2v) is 4.64. The van der Waals surface area contributed by atoms with E-state index in [0.29, 0.717) is 12.3 Å². The summed E-state index contributed by atoms with van der Waals surface area (Å²) in [5.74, 6) is -0.642. The molecule has 110 valence electrons. The van der Waals surface area contributed by atoms with Crippen molar-refractivity contribution in [3.63, 3.8) is 0 Å². The Labute approximate surface area is 116 Å². The minimum atomic E-state index is -0.642. The number of benzene rings is 1. The number of rotatable bonds is 6. The van der Waals surface area contributed by atoms with Gasteiger partial charge in [-0.15, -0.1) is 0 Å². The van der Waals surface area contributed by atoms with Crippen LogP contribution < -0.4 is 5.32 Å². The van der Waals surface area contributed by atoms with Gasteiger partial charge >= 0.3 is 0 Å². The van der Waals surface area contributed by atoms with Gasteiger partial charge in [0.25, 0.3) is 5.69 Å². The van der Waals surface area contributed by atoms with E-state index in [9.17, 15) is 14.5 Å². The Morgan fingerprint density at radius 2 is 2.25 bits per heavy atom. The summed E-state index contributed by atoms with van der Waals surface area (Å²) in [7, 11) is 1.58. The van der Waals surface area contributed by atoms with Crippen molar-refractivity contribution in [2.24, 2.45) is 0 Å². The van der Waals surface area contributed by atoms with Crippen molar-refractivity contribution in [1.82, 2.24) is 0 Å². The van der Waals surface area contributed by atoms with Crippen molar-refractivity contribution in [1.29, 1.82) is 0 Å². The Morgan fingerprint density at radius 1 is 1.50 bits per heavy atom. The fraction of sp³-hybridized carbons (Fsp3) is 0.538. The first-order valence-electron chi connectivity index (χ1n) is 6.41. The molecular weight excluding hydrogens is 267 g/mol. The zero-order chi connectivity index (χ0) is 14.7. The molecule has 0 radical (unpaired) electrons. The number of halogens is 1. The lowest BCUT2D eigenvalue weighted by atomic mass is 9.85. The first-order valence-corrected chi connectivity index (χ1v) is 6.41. The summed E-state index contributed by atoms with van der Waals surface area (Å²) in [6.45, 7) is 2.51. The number of non-ortho nitro benzene ring substituents is 1. The van der Waals surface area contributed by atoms with Crippen LogP contribution in [0.3, 0.4) is 0 Å². The Morgan fingerprint density at radius 3 is 2.85 bits per heavy atom. The lowest BCUT2D eigenvalue weighted by molar-refractivity contribution is -0.385. The summed E-state index contributed by atoms with van der Waals surface area (Å²) >= 11 is 0. The molecule has 1 aromatic carbocycles. The van der Waals surface area contributed by atoms with Gasteiger partial charge < -0.3 is 14.8 Å². The summed E-state index contributed by atoms with van der Waals surface area (Å²) < 4.78 is 24.2. The van der Waals surface area contributed by atoms with Crippen molar-refractivity contribution in [2.75, 3.05) is 19.0 Å². The van der Waals surface area contributed by atoms with Crippen LogP contribution in [0.15, 0.2) is 18.2 Å². The zero-order valence-corrected chi connectivity index (χ0v) is 11.3. The maximum absolute atomic E-state index is 13.3. The third-order valence-electron chi connectivity index (χ3n) is 3.35. The average molecular weight is 284 g/mol. The van der Waals surface area contributed by atoms with E-state index in [2.05, 4.69) is 5.32 Å². The summed E-state index contributed by atoms with van der Waals surface area (Å²) in [6.07, 6.45) is 0.583. The predicted octanol–water partition coefficient (Wildman–Crippen LogP) is 2.34. The molecule has 7 heteroatoms. The van der Waals surface area contributed by atoms with Crippen LogP contribution >= 0.6 is 0 Å². The summed E-state index contributed by atoms with van der Waals surface area (Å²) in [6, 6.07) is 3.39. The molecule has 2 rings (SSSR count). The van der Waals surface area contributed by atoms with Gasteiger partial charge in [0.05, 0.1) is 23.1 Å². The van der Waals surface area contributed by atoms with Gasteiger partial charge in [-0.1, -0.05) is 0 Å². The van der Waals surface area contributed by atoms with E-state index in [1.807, 2.05) is 6.92 Å². The van der Waals surface area contributed by atoms with E-state index in [-0.39, 0.29) is 23.9 Å². The number of nitrogens with one attached hydrogen (secondary N) is 1. The van der Waals surface area contributed by atoms with E-state index < -0.39 is 10.7 Å². The number of nitro benzene ring substituents is 1. The molecule has 0 heterocycles. The quantitative estimate of drug-likeness (QED) is 0.641. The zero-order valence-electron chi connectivity index (χ0n) is 11.3. The highest BCUT2D eigenvalue weighted by atomic mass is 19.1. The monoisotopic (exact) mass is 284 g/mol. The molecule has 1 N–H and O–H groups in total. The Bertz CT molecular complexity index is 497. The van der Waals surface area contributed by atoms with Crippen LogP contribution in [0.4, 0.5) is 15.8 Å². The topological polar surface area (TPSA) is 73.6 Å². The SMILES string of the molecule is CCOC1CC(Nc2cc(F)cc([N+](=O)[O-])c2)C1OC. The number of hydrogen-bond acceptors (Lipinski definition) is 5. The average Bonchev–Trinajstić information content (AvgIpc) is 2.37. The van der Waals surface area contributed by atoms with Crippen molar-refractivity contribution >= 4 is 11.4 Å². The van der Waals surface area contributed by atoms with Crippen LogP contribution in [0.5, 0.6) is 0 Å². The predicted molar refractivity (Wildman–Crippen MR) is 71.3 cm³/mol. The molecule has 0 aromatic heterocycles. The minimum Gasteiger partial charge on any atom is -0.379 e. The standard InChI is InChI=1S/C13H17FN2O4/c1-3-20-12-7-11(13(12)19-2)15-9-4-8(14)5-10(6-9)16(17)18/h4-6,11-13,15H,3,7H2,1-2H3. The molecule has 3 atom stereocenters. The highest BCUT2D eigenvalue weighted by Gasteiger charge is 2.42. The molecule has 6 nitrogen and oxygen atoms in total. The second-order valence-electron chi connectivity index (χ2n) is 4.64. The van der Waals surface area contributed by atoms with E-state index >= 15 is 0 Å². The van der Waals surface area contributed by atoms with E-state index in [1.54, 1.807) is 7.11 Å². The smallest absolute Gasteiger partial charge is 0.274 e. The van der Waals surface area contributed by atoms with Gasteiger partial charge in [-0.25, -0.2) is 4.39 Å². The first-order chi connectivity index (χ1) is 9.55. The molecule has 0 bridgehead atoms. The Hall–Kier alpha value is -1.73. The Kier molecular flexibility index (Phi) is 4.51. The van der Waals surface area contributed by atoms with Gasteiger partial charge in [-0.05, 0) is 19.4 Å². The van der Waals surface area contributed by atoms with Gasteiger partial charge in [0.1, 0.15) is 11.9 Å². The fourth-order valence-corrected chi connectivity index (χ4v) is 2.39. The molecule has 1 aromatic rings. The van der Waals surface area contributed by atoms with Crippen LogP contribution in [0, 0.1) is 15.9 Å². The number of hydrogen-bond donors (Lipinski definition) is 1. The van der Waals surface area contributed by atoms with Crippen LogP contribution in [0.25, 0.3) is 0 Å².